The summed E-state index contributed by atoms with van der Waals surface area (Å²) >= 11 is 3.69. The molecule has 1 aromatic carbocycles. The molecular weight excluding hydrogens is 520 g/mol. The van der Waals surface area contributed by atoms with E-state index >= 15 is 0 Å². The summed E-state index contributed by atoms with van der Waals surface area (Å²) in [6, 6.07) is 3.91. The van der Waals surface area contributed by atoms with Crippen LogP contribution in [0.4, 0.5) is 0 Å². The van der Waals surface area contributed by atoms with Crippen LogP contribution >= 0.6 is 15.9 Å². The van der Waals surface area contributed by atoms with Crippen molar-refractivity contribution in [2.75, 3.05) is 13.7 Å². The lowest BCUT2D eigenvalue weighted by molar-refractivity contribution is -0.120. The van der Waals surface area contributed by atoms with E-state index in [9.17, 15) is 9.59 Å². The highest BCUT2D eigenvalue weighted by Gasteiger charge is 2.48. The number of ketones is 2. The maximum Gasteiger partial charge on any atom is 0.175 e. The Labute approximate surface area is 223 Å². The topological polar surface area (TPSA) is 61.8 Å². The summed E-state index contributed by atoms with van der Waals surface area (Å²) in [5.41, 5.74) is 1.74. The predicted molar refractivity (Wildman–Crippen MR) is 144 cm³/mol. The van der Waals surface area contributed by atoms with Gasteiger partial charge in [-0.15, -0.1) is 0 Å². The number of Topliss-reactive ketones (excluding diaryl/α,β-unsaturated/α-hetero) is 2. The van der Waals surface area contributed by atoms with Gasteiger partial charge in [0, 0.05) is 42.7 Å². The summed E-state index contributed by atoms with van der Waals surface area (Å²) in [4.78, 5) is 27.1. The summed E-state index contributed by atoms with van der Waals surface area (Å²) in [7, 11) is 1.62. The summed E-state index contributed by atoms with van der Waals surface area (Å²) in [5.74, 6) is 2.34. The van der Waals surface area contributed by atoms with Gasteiger partial charge in [0.2, 0.25) is 0 Å². The molecule has 2 aliphatic carbocycles. The van der Waals surface area contributed by atoms with Crippen LogP contribution in [-0.4, -0.2) is 25.3 Å². The van der Waals surface area contributed by atoms with Crippen molar-refractivity contribution >= 4 is 27.5 Å². The van der Waals surface area contributed by atoms with E-state index in [-0.39, 0.29) is 22.4 Å². The molecule has 0 radical (unpaired) electrons. The Morgan fingerprint density at radius 1 is 0.917 bits per heavy atom. The first-order valence-electron chi connectivity index (χ1n) is 13.2. The highest BCUT2D eigenvalue weighted by molar-refractivity contribution is 9.10. The zero-order chi connectivity index (χ0) is 26.3. The number of methoxy groups -OCH3 is 1. The van der Waals surface area contributed by atoms with Gasteiger partial charge in [-0.1, -0.05) is 53.9 Å². The first-order chi connectivity index (χ1) is 17.0. The Morgan fingerprint density at radius 3 is 2.03 bits per heavy atom. The minimum absolute atomic E-state index is 0.0572. The van der Waals surface area contributed by atoms with Gasteiger partial charge < -0.3 is 14.2 Å². The minimum atomic E-state index is -0.459. The van der Waals surface area contributed by atoms with Gasteiger partial charge in [-0.2, -0.15) is 0 Å². The molecule has 1 aromatic rings. The molecule has 0 atom stereocenters. The van der Waals surface area contributed by atoms with Crippen LogP contribution in [0.25, 0.3) is 0 Å². The molecule has 1 aliphatic heterocycles. The lowest BCUT2D eigenvalue weighted by atomic mass is 9.65. The van der Waals surface area contributed by atoms with E-state index in [1.165, 1.54) is 12.8 Å². The van der Waals surface area contributed by atoms with Crippen LogP contribution in [0.3, 0.4) is 0 Å². The van der Waals surface area contributed by atoms with Crippen LogP contribution in [0, 0.1) is 10.8 Å². The summed E-state index contributed by atoms with van der Waals surface area (Å²) in [6.07, 6.45) is 6.69. The molecule has 0 spiro atoms. The maximum atomic E-state index is 13.5. The number of benzene rings is 1. The van der Waals surface area contributed by atoms with E-state index in [1.807, 2.05) is 12.1 Å². The number of hydrogen-bond donors (Lipinski definition) is 0. The van der Waals surface area contributed by atoms with Gasteiger partial charge in [0.25, 0.3) is 0 Å². The largest absolute Gasteiger partial charge is 0.493 e. The second-order valence-corrected chi connectivity index (χ2v) is 12.9. The monoisotopic (exact) mass is 558 g/mol. The van der Waals surface area contributed by atoms with Gasteiger partial charge in [-0.3, -0.25) is 9.59 Å². The first-order valence-corrected chi connectivity index (χ1v) is 14.0. The fourth-order valence-electron chi connectivity index (χ4n) is 5.76. The molecule has 0 fully saturated rings. The van der Waals surface area contributed by atoms with Crippen molar-refractivity contribution in [3.05, 3.63) is 44.8 Å². The predicted octanol–water partition coefficient (Wildman–Crippen LogP) is 7.82. The molecule has 4 rings (SSSR count). The normalized spacial score (nSPS) is 21.2. The van der Waals surface area contributed by atoms with Crippen LogP contribution in [0.2, 0.25) is 0 Å². The summed E-state index contributed by atoms with van der Waals surface area (Å²) < 4.78 is 19.0. The number of hydrogen-bond acceptors (Lipinski definition) is 5. The van der Waals surface area contributed by atoms with Crippen molar-refractivity contribution in [3.8, 4) is 11.5 Å². The van der Waals surface area contributed by atoms with Crippen molar-refractivity contribution in [2.45, 2.75) is 91.9 Å². The van der Waals surface area contributed by atoms with E-state index in [0.29, 0.717) is 54.9 Å². The van der Waals surface area contributed by atoms with Crippen LogP contribution < -0.4 is 9.47 Å². The first kappa shape index (κ1) is 27.0. The van der Waals surface area contributed by atoms with Crippen LogP contribution in [0.5, 0.6) is 11.5 Å². The molecule has 1 heterocycles. The average Bonchev–Trinajstić information content (AvgIpc) is 2.76. The molecule has 36 heavy (non-hydrogen) atoms. The SMILES string of the molecule is CCCCCCOc1c(Br)cc(C2C3=C(CC(C)(C)CC3=O)OC3=C2C(=O)CC(C)(C)C3)cc1OC. The Morgan fingerprint density at radius 2 is 1.50 bits per heavy atom. The second-order valence-electron chi connectivity index (χ2n) is 12.0. The molecule has 3 aliphatic rings. The van der Waals surface area contributed by atoms with Crippen molar-refractivity contribution in [1.82, 2.24) is 0 Å². The van der Waals surface area contributed by atoms with E-state index < -0.39 is 5.92 Å². The third kappa shape index (κ3) is 5.44. The number of carbonyl (C=O) groups is 2. The Hall–Kier alpha value is -2.08. The van der Waals surface area contributed by atoms with E-state index in [0.717, 1.165) is 34.4 Å². The van der Waals surface area contributed by atoms with Crippen molar-refractivity contribution < 1.29 is 23.8 Å². The minimum Gasteiger partial charge on any atom is -0.493 e. The maximum absolute atomic E-state index is 13.5. The third-order valence-corrected chi connectivity index (χ3v) is 8.00. The van der Waals surface area contributed by atoms with Crippen molar-refractivity contribution in [2.24, 2.45) is 10.8 Å². The Balaban J connectivity index is 1.78. The lowest BCUT2D eigenvalue weighted by Crippen LogP contribution is -2.37. The number of halogens is 1. The van der Waals surface area contributed by atoms with Gasteiger partial charge in [-0.25, -0.2) is 0 Å². The lowest BCUT2D eigenvalue weighted by Gasteiger charge is -2.42. The summed E-state index contributed by atoms with van der Waals surface area (Å²) in [5, 5.41) is 0. The quantitative estimate of drug-likeness (QED) is 0.304. The molecule has 0 saturated carbocycles. The highest BCUT2D eigenvalue weighted by atomic mass is 79.9. The van der Waals surface area contributed by atoms with Crippen LogP contribution in [-0.2, 0) is 14.3 Å². The van der Waals surface area contributed by atoms with E-state index in [1.54, 1.807) is 7.11 Å². The van der Waals surface area contributed by atoms with Crippen molar-refractivity contribution in [1.29, 1.82) is 0 Å². The average molecular weight is 560 g/mol. The Kier molecular flexibility index (Phi) is 7.76. The van der Waals surface area contributed by atoms with Gasteiger partial charge in [0.15, 0.2) is 23.1 Å². The zero-order valence-corrected chi connectivity index (χ0v) is 24.1. The second kappa shape index (κ2) is 10.4. The van der Waals surface area contributed by atoms with Gasteiger partial charge in [0.1, 0.15) is 11.5 Å². The van der Waals surface area contributed by atoms with Crippen molar-refractivity contribution in [3.63, 3.8) is 0 Å². The number of carbonyl (C=O) groups excluding carboxylic acids is 2. The molecule has 6 heteroatoms. The standard InChI is InChI=1S/C30H39BrO5/c1-7-8-9-10-11-35-28-19(31)12-18(13-22(28)34-6)25-26-20(32)14-29(2,3)16-23(26)36-24-17-30(4,5)15-21(33)27(24)25/h12-13,25H,7-11,14-17H2,1-6H3. The molecule has 0 saturated heterocycles. The number of unbranched alkanes of at least 4 members (excludes halogenated alkanes) is 3. The highest BCUT2D eigenvalue weighted by Crippen LogP contribution is 2.54. The third-order valence-electron chi connectivity index (χ3n) is 7.41. The number of rotatable bonds is 8. The fourth-order valence-corrected chi connectivity index (χ4v) is 6.33. The smallest absolute Gasteiger partial charge is 0.175 e. The molecule has 0 unspecified atom stereocenters. The molecule has 196 valence electrons. The molecule has 0 aromatic heterocycles. The number of allylic oxidation sites excluding steroid dienone is 4. The van der Waals surface area contributed by atoms with E-state index in [4.69, 9.17) is 14.2 Å². The van der Waals surface area contributed by atoms with E-state index in [2.05, 4.69) is 50.5 Å². The molecule has 0 N–H and O–H groups in total. The Bertz CT molecular complexity index is 1070. The van der Waals surface area contributed by atoms with Gasteiger partial charge in [-0.05, 0) is 50.9 Å². The van der Waals surface area contributed by atoms with Gasteiger partial charge >= 0.3 is 0 Å². The summed E-state index contributed by atoms with van der Waals surface area (Å²) in [6.45, 7) is 11.2. The molecule has 0 bridgehead atoms. The number of ether oxygens (including phenoxy) is 3. The zero-order valence-electron chi connectivity index (χ0n) is 22.5. The van der Waals surface area contributed by atoms with Crippen LogP contribution in [0.15, 0.2) is 39.3 Å². The van der Waals surface area contributed by atoms with Crippen LogP contribution in [0.1, 0.15) is 97.5 Å². The fraction of sp³-hybridized carbons (Fsp3) is 0.600. The molecule has 5 nitrogen and oxygen atoms in total. The molecule has 0 amide bonds. The molecular formula is C30H39BrO5. The van der Waals surface area contributed by atoms with Gasteiger partial charge in [0.05, 0.1) is 18.2 Å².